The van der Waals surface area contributed by atoms with Gasteiger partial charge in [0.1, 0.15) is 0 Å². The molecule has 0 aromatic carbocycles. The highest BCUT2D eigenvalue weighted by Gasteiger charge is 2.22. The summed E-state index contributed by atoms with van der Waals surface area (Å²) in [4.78, 5) is 0. The molecule has 15 heavy (non-hydrogen) atoms. The van der Waals surface area contributed by atoms with Crippen molar-refractivity contribution in [3.8, 4) is 0 Å². The average Bonchev–Trinajstić information content (AvgIpc) is 2.61. The second-order valence-electron chi connectivity index (χ2n) is 4.00. The number of hydrogen-bond donors (Lipinski definition) is 3. The zero-order chi connectivity index (χ0) is 11.1. The van der Waals surface area contributed by atoms with E-state index in [0.29, 0.717) is 12.1 Å². The Kier molecular flexibility index (Phi) is 6.13. The molecule has 4 heteroatoms. The van der Waals surface area contributed by atoms with Crippen LogP contribution in [0.3, 0.4) is 0 Å². The molecule has 1 rings (SSSR count). The Morgan fingerprint density at radius 2 is 2.47 bits per heavy atom. The molecular formula is C11H23N3S. The Bertz CT molecular complexity index is 196. The maximum atomic E-state index is 4.06. The van der Waals surface area contributed by atoms with Crippen LogP contribution in [-0.2, 0) is 0 Å². The first kappa shape index (κ1) is 12.9. The summed E-state index contributed by atoms with van der Waals surface area (Å²) in [5, 5.41) is 6.83. The normalized spacial score (nSPS) is 22.8. The third kappa shape index (κ3) is 4.45. The molecule has 1 fully saturated rings. The van der Waals surface area contributed by atoms with Crippen molar-refractivity contribution in [2.24, 2.45) is 5.92 Å². The van der Waals surface area contributed by atoms with E-state index in [0.717, 1.165) is 19.5 Å². The molecule has 0 aromatic rings. The predicted molar refractivity (Wildman–Crippen MR) is 68.6 cm³/mol. The van der Waals surface area contributed by atoms with Crippen molar-refractivity contribution in [1.29, 1.82) is 0 Å². The SMILES string of the molecule is C=C1NCCC1CC(NCCC)NSC. The maximum Gasteiger partial charge on any atom is 0.0673 e. The number of rotatable bonds is 7. The van der Waals surface area contributed by atoms with Gasteiger partial charge in [0.05, 0.1) is 6.17 Å². The molecule has 0 amide bonds. The van der Waals surface area contributed by atoms with Gasteiger partial charge in [-0.25, -0.2) is 4.72 Å². The first-order valence-electron chi connectivity index (χ1n) is 5.72. The standard InChI is InChI=1S/C11H23N3S/c1-4-6-13-11(14-15-3)8-10-5-7-12-9(10)2/h10-14H,2,4-8H2,1,3H3. The molecule has 3 nitrogen and oxygen atoms in total. The van der Waals surface area contributed by atoms with Crippen molar-refractivity contribution in [2.45, 2.75) is 32.4 Å². The van der Waals surface area contributed by atoms with Gasteiger partial charge in [-0.3, -0.25) is 0 Å². The van der Waals surface area contributed by atoms with Gasteiger partial charge in [0.15, 0.2) is 0 Å². The summed E-state index contributed by atoms with van der Waals surface area (Å²) in [5.41, 5.74) is 1.21. The van der Waals surface area contributed by atoms with Gasteiger partial charge in [0, 0.05) is 18.2 Å². The molecule has 3 N–H and O–H groups in total. The van der Waals surface area contributed by atoms with Crippen molar-refractivity contribution in [2.75, 3.05) is 19.3 Å². The minimum Gasteiger partial charge on any atom is -0.389 e. The molecule has 1 aliphatic rings. The molecule has 0 spiro atoms. The van der Waals surface area contributed by atoms with E-state index in [1.165, 1.54) is 18.5 Å². The average molecular weight is 229 g/mol. The van der Waals surface area contributed by atoms with Gasteiger partial charge in [-0.05, 0) is 32.1 Å². The van der Waals surface area contributed by atoms with E-state index in [4.69, 9.17) is 0 Å². The minimum atomic E-state index is 0.404. The largest absolute Gasteiger partial charge is 0.389 e. The van der Waals surface area contributed by atoms with E-state index in [1.54, 1.807) is 11.9 Å². The van der Waals surface area contributed by atoms with Crippen LogP contribution in [0.25, 0.3) is 0 Å². The van der Waals surface area contributed by atoms with Crippen molar-refractivity contribution >= 4 is 11.9 Å². The Morgan fingerprint density at radius 1 is 1.67 bits per heavy atom. The second-order valence-corrected chi connectivity index (χ2v) is 4.65. The lowest BCUT2D eigenvalue weighted by Gasteiger charge is -2.22. The van der Waals surface area contributed by atoms with Crippen LogP contribution in [0.1, 0.15) is 26.2 Å². The predicted octanol–water partition coefficient (Wildman–Crippen LogP) is 1.69. The Morgan fingerprint density at radius 3 is 3.00 bits per heavy atom. The Balaban J connectivity index is 2.31. The molecule has 2 atom stereocenters. The van der Waals surface area contributed by atoms with E-state index in [-0.39, 0.29) is 0 Å². The van der Waals surface area contributed by atoms with E-state index >= 15 is 0 Å². The lowest BCUT2D eigenvalue weighted by atomic mass is 10.0. The van der Waals surface area contributed by atoms with Gasteiger partial charge >= 0.3 is 0 Å². The van der Waals surface area contributed by atoms with Crippen LogP contribution in [-0.4, -0.2) is 25.5 Å². The second kappa shape index (κ2) is 7.14. The van der Waals surface area contributed by atoms with Gasteiger partial charge in [0.2, 0.25) is 0 Å². The summed E-state index contributed by atoms with van der Waals surface area (Å²) in [6.45, 7) is 8.41. The molecule has 1 saturated heterocycles. The van der Waals surface area contributed by atoms with Crippen molar-refractivity contribution in [3.05, 3.63) is 12.3 Å². The van der Waals surface area contributed by atoms with E-state index < -0.39 is 0 Å². The van der Waals surface area contributed by atoms with Crippen LogP contribution in [0.5, 0.6) is 0 Å². The van der Waals surface area contributed by atoms with Crippen molar-refractivity contribution < 1.29 is 0 Å². The van der Waals surface area contributed by atoms with Crippen LogP contribution in [0, 0.1) is 5.92 Å². The van der Waals surface area contributed by atoms with Crippen molar-refractivity contribution in [3.63, 3.8) is 0 Å². The van der Waals surface area contributed by atoms with Crippen molar-refractivity contribution in [1.82, 2.24) is 15.4 Å². The number of hydrogen-bond acceptors (Lipinski definition) is 4. The number of nitrogens with one attached hydrogen (secondary N) is 3. The summed E-state index contributed by atoms with van der Waals surface area (Å²) in [7, 11) is 0. The van der Waals surface area contributed by atoms with Crippen LogP contribution < -0.4 is 15.4 Å². The zero-order valence-electron chi connectivity index (χ0n) is 9.81. The first-order chi connectivity index (χ1) is 7.27. The monoisotopic (exact) mass is 229 g/mol. The molecule has 1 aliphatic heterocycles. The molecule has 0 aliphatic carbocycles. The van der Waals surface area contributed by atoms with E-state index in [1.807, 2.05) is 0 Å². The van der Waals surface area contributed by atoms with Crippen LogP contribution in [0.2, 0.25) is 0 Å². The van der Waals surface area contributed by atoms with Gasteiger partial charge in [0.25, 0.3) is 0 Å². The molecule has 0 saturated carbocycles. The van der Waals surface area contributed by atoms with Crippen LogP contribution >= 0.6 is 11.9 Å². The lowest BCUT2D eigenvalue weighted by molar-refractivity contribution is 0.410. The molecule has 2 unspecified atom stereocenters. The highest BCUT2D eigenvalue weighted by Crippen LogP contribution is 2.22. The van der Waals surface area contributed by atoms with E-state index in [9.17, 15) is 0 Å². The lowest BCUT2D eigenvalue weighted by Crippen LogP contribution is -2.40. The molecule has 88 valence electrons. The first-order valence-corrected chi connectivity index (χ1v) is 6.95. The summed E-state index contributed by atoms with van der Waals surface area (Å²) in [6.07, 6.45) is 6.01. The fourth-order valence-electron chi connectivity index (χ4n) is 1.90. The Labute approximate surface area is 97.6 Å². The minimum absolute atomic E-state index is 0.404. The molecule has 0 bridgehead atoms. The van der Waals surface area contributed by atoms with Gasteiger partial charge in [-0.1, -0.05) is 25.5 Å². The highest BCUT2D eigenvalue weighted by molar-refractivity contribution is 7.96. The highest BCUT2D eigenvalue weighted by atomic mass is 32.2. The summed E-state index contributed by atoms with van der Waals surface area (Å²) >= 11 is 1.68. The topological polar surface area (TPSA) is 36.1 Å². The molecule has 0 radical (unpaired) electrons. The molecular weight excluding hydrogens is 206 g/mol. The molecule has 1 heterocycles. The van der Waals surface area contributed by atoms with Crippen LogP contribution in [0.15, 0.2) is 12.3 Å². The van der Waals surface area contributed by atoms with E-state index in [2.05, 4.69) is 35.1 Å². The third-order valence-electron chi connectivity index (χ3n) is 2.76. The van der Waals surface area contributed by atoms with Crippen LogP contribution in [0.4, 0.5) is 0 Å². The quantitative estimate of drug-likeness (QED) is 0.459. The zero-order valence-corrected chi connectivity index (χ0v) is 10.6. The van der Waals surface area contributed by atoms with Gasteiger partial charge < -0.3 is 10.6 Å². The Hall–Kier alpha value is -0.190. The maximum absolute atomic E-state index is 4.06. The summed E-state index contributed by atoms with van der Waals surface area (Å²) in [5.74, 6) is 0.624. The summed E-state index contributed by atoms with van der Waals surface area (Å²) < 4.78 is 3.40. The number of allylic oxidation sites excluding steroid dienone is 1. The van der Waals surface area contributed by atoms with Gasteiger partial charge in [-0.15, -0.1) is 0 Å². The summed E-state index contributed by atoms with van der Waals surface area (Å²) in [6, 6.07) is 0. The third-order valence-corrected chi connectivity index (χ3v) is 3.28. The molecule has 0 aromatic heterocycles. The fourth-order valence-corrected chi connectivity index (χ4v) is 2.37. The van der Waals surface area contributed by atoms with Gasteiger partial charge in [-0.2, -0.15) is 0 Å². The fraction of sp³-hybridized carbons (Fsp3) is 0.818. The smallest absolute Gasteiger partial charge is 0.0673 e.